The van der Waals surface area contributed by atoms with Crippen LogP contribution in [0.4, 0.5) is 22.7 Å². The molecule has 5 rings (SSSR count). The van der Waals surface area contributed by atoms with Gasteiger partial charge in [-0.25, -0.2) is 0 Å². The average molecular weight is 391 g/mol. The number of anilines is 4. The lowest BCUT2D eigenvalue weighted by Crippen LogP contribution is -2.23. The van der Waals surface area contributed by atoms with E-state index < -0.39 is 0 Å². The normalized spacial score (nSPS) is 12.1. The number of rotatable bonds is 4. The molecule has 0 spiro atoms. The highest BCUT2D eigenvalue weighted by atomic mass is 16.1. The fourth-order valence-corrected chi connectivity index (χ4v) is 3.68. The third-order valence-electron chi connectivity index (χ3n) is 5.08. The smallest absolute Gasteiger partial charge is 0.198 e. The molecule has 0 radical (unpaired) electrons. The first kappa shape index (κ1) is 17.8. The van der Waals surface area contributed by atoms with Gasteiger partial charge in [-0.05, 0) is 42.5 Å². The minimum atomic E-state index is -0.220. The summed E-state index contributed by atoms with van der Waals surface area (Å²) in [5.74, 6) is -0.417. The number of ketones is 2. The summed E-state index contributed by atoms with van der Waals surface area (Å²) in [5, 5.41) is 6.57. The molecule has 3 aromatic carbocycles. The van der Waals surface area contributed by atoms with Gasteiger partial charge in [0.05, 0.1) is 28.1 Å². The summed E-state index contributed by atoms with van der Waals surface area (Å²) in [4.78, 5) is 30.9. The first-order valence-corrected chi connectivity index (χ1v) is 9.57. The van der Waals surface area contributed by atoms with Crippen molar-refractivity contribution in [1.82, 2.24) is 4.98 Å². The predicted molar refractivity (Wildman–Crippen MR) is 117 cm³/mol. The Hall–Kier alpha value is -4.25. The molecule has 2 N–H and O–H groups in total. The third kappa shape index (κ3) is 3.02. The molecular formula is C25H17N3O2. The molecule has 0 aliphatic heterocycles. The van der Waals surface area contributed by atoms with Crippen LogP contribution in [0.15, 0.2) is 91.3 Å². The molecule has 144 valence electrons. The van der Waals surface area contributed by atoms with Gasteiger partial charge in [0.25, 0.3) is 0 Å². The van der Waals surface area contributed by atoms with E-state index in [0.29, 0.717) is 33.6 Å². The van der Waals surface area contributed by atoms with Crippen LogP contribution < -0.4 is 10.6 Å². The van der Waals surface area contributed by atoms with Gasteiger partial charge in [-0.3, -0.25) is 14.6 Å². The highest BCUT2D eigenvalue weighted by Crippen LogP contribution is 2.38. The van der Waals surface area contributed by atoms with E-state index in [2.05, 4.69) is 15.6 Å². The summed E-state index contributed by atoms with van der Waals surface area (Å²) in [7, 11) is 0. The van der Waals surface area contributed by atoms with Crippen molar-refractivity contribution >= 4 is 34.3 Å². The number of fused-ring (bicyclic) bond motifs is 2. The summed E-state index contributed by atoms with van der Waals surface area (Å²) in [5.41, 5.74) is 4.26. The Labute approximate surface area is 173 Å². The number of aromatic nitrogens is 1. The van der Waals surface area contributed by atoms with E-state index in [1.165, 1.54) is 12.4 Å². The Morgan fingerprint density at radius 3 is 1.60 bits per heavy atom. The van der Waals surface area contributed by atoms with Crippen LogP contribution in [-0.4, -0.2) is 16.6 Å². The van der Waals surface area contributed by atoms with Crippen molar-refractivity contribution in [2.24, 2.45) is 0 Å². The highest BCUT2D eigenvalue weighted by molar-refractivity contribution is 6.32. The van der Waals surface area contributed by atoms with Crippen LogP contribution in [0, 0.1) is 0 Å². The molecule has 1 aliphatic rings. The van der Waals surface area contributed by atoms with E-state index in [-0.39, 0.29) is 11.6 Å². The highest BCUT2D eigenvalue weighted by Gasteiger charge is 2.34. The molecule has 0 bridgehead atoms. The molecule has 0 amide bonds. The Kier molecular flexibility index (Phi) is 4.33. The van der Waals surface area contributed by atoms with E-state index in [1.807, 2.05) is 72.8 Å². The zero-order chi connectivity index (χ0) is 20.5. The van der Waals surface area contributed by atoms with Gasteiger partial charge in [0.2, 0.25) is 0 Å². The predicted octanol–water partition coefficient (Wildman–Crippen LogP) is 5.34. The number of hydrogen-bond donors (Lipinski definition) is 2. The van der Waals surface area contributed by atoms with Crippen LogP contribution in [0.25, 0.3) is 0 Å². The van der Waals surface area contributed by atoms with E-state index >= 15 is 0 Å². The summed E-state index contributed by atoms with van der Waals surface area (Å²) in [6.45, 7) is 0. The van der Waals surface area contributed by atoms with Crippen molar-refractivity contribution in [3.05, 3.63) is 114 Å². The Balaban J connectivity index is 1.69. The number of para-hydroxylation sites is 2. The fourth-order valence-electron chi connectivity index (χ4n) is 3.68. The molecular weight excluding hydrogens is 374 g/mol. The van der Waals surface area contributed by atoms with Gasteiger partial charge in [0.1, 0.15) is 0 Å². The fraction of sp³-hybridized carbons (Fsp3) is 0. The van der Waals surface area contributed by atoms with Crippen LogP contribution in [0.2, 0.25) is 0 Å². The molecule has 0 saturated carbocycles. The molecule has 5 heteroatoms. The van der Waals surface area contributed by atoms with E-state index in [1.54, 1.807) is 6.07 Å². The van der Waals surface area contributed by atoms with Crippen molar-refractivity contribution in [1.29, 1.82) is 0 Å². The zero-order valence-electron chi connectivity index (χ0n) is 15.9. The lowest BCUT2D eigenvalue weighted by Gasteiger charge is -2.23. The molecule has 0 saturated heterocycles. The maximum Gasteiger partial charge on any atom is 0.198 e. The number of benzene rings is 3. The monoisotopic (exact) mass is 391 g/mol. The second-order valence-corrected chi connectivity index (χ2v) is 6.97. The molecule has 30 heavy (non-hydrogen) atoms. The van der Waals surface area contributed by atoms with Gasteiger partial charge >= 0.3 is 0 Å². The second-order valence-electron chi connectivity index (χ2n) is 6.97. The van der Waals surface area contributed by atoms with Crippen LogP contribution >= 0.6 is 0 Å². The molecule has 5 nitrogen and oxygen atoms in total. The van der Waals surface area contributed by atoms with Crippen LogP contribution in [0.1, 0.15) is 31.8 Å². The summed E-state index contributed by atoms with van der Waals surface area (Å²) < 4.78 is 0. The Bertz CT molecular complexity index is 1170. The second kappa shape index (κ2) is 7.29. The average Bonchev–Trinajstić information content (AvgIpc) is 2.80. The van der Waals surface area contributed by atoms with Crippen LogP contribution in [-0.2, 0) is 0 Å². The molecule has 1 aromatic heterocycles. The maximum absolute atomic E-state index is 13.4. The van der Waals surface area contributed by atoms with E-state index in [0.717, 1.165) is 11.4 Å². The molecule has 1 heterocycles. The van der Waals surface area contributed by atoms with Crippen molar-refractivity contribution in [3.63, 3.8) is 0 Å². The van der Waals surface area contributed by atoms with Crippen molar-refractivity contribution in [3.8, 4) is 0 Å². The largest absolute Gasteiger partial charge is 0.355 e. The lowest BCUT2D eigenvalue weighted by atomic mass is 9.83. The zero-order valence-corrected chi connectivity index (χ0v) is 15.9. The van der Waals surface area contributed by atoms with Gasteiger partial charge in [0.15, 0.2) is 11.6 Å². The van der Waals surface area contributed by atoms with E-state index in [9.17, 15) is 9.59 Å². The quantitative estimate of drug-likeness (QED) is 0.432. The number of carbonyl (C=O) groups is 2. The van der Waals surface area contributed by atoms with Gasteiger partial charge in [-0.2, -0.15) is 0 Å². The number of pyridine rings is 1. The Morgan fingerprint density at radius 1 is 0.567 bits per heavy atom. The van der Waals surface area contributed by atoms with Gasteiger partial charge < -0.3 is 10.6 Å². The minimum absolute atomic E-state index is 0.197. The van der Waals surface area contributed by atoms with Crippen LogP contribution in [0.3, 0.4) is 0 Å². The van der Waals surface area contributed by atoms with Crippen molar-refractivity contribution < 1.29 is 9.59 Å². The van der Waals surface area contributed by atoms with Gasteiger partial charge in [-0.15, -0.1) is 0 Å². The topological polar surface area (TPSA) is 71.1 Å². The van der Waals surface area contributed by atoms with Crippen LogP contribution in [0.5, 0.6) is 0 Å². The first-order chi connectivity index (χ1) is 14.7. The molecule has 0 unspecified atom stereocenters. The standard InChI is InChI=1S/C25H17N3O2/c29-24-18-13-14-26-15-19(18)25(30)23-21(28-17-9-5-2-6-10-17)12-11-20(22(23)24)27-16-7-3-1-4-8-16/h1-15,27-28H. The summed E-state index contributed by atoms with van der Waals surface area (Å²) in [6, 6.07) is 24.4. The third-order valence-corrected chi connectivity index (χ3v) is 5.08. The maximum atomic E-state index is 13.4. The summed E-state index contributed by atoms with van der Waals surface area (Å²) in [6.07, 6.45) is 2.99. The number of nitrogens with zero attached hydrogens (tertiary/aromatic N) is 1. The Morgan fingerprint density at radius 2 is 1.07 bits per heavy atom. The minimum Gasteiger partial charge on any atom is -0.355 e. The molecule has 0 fully saturated rings. The number of nitrogens with one attached hydrogen (secondary N) is 2. The molecule has 0 atom stereocenters. The van der Waals surface area contributed by atoms with Crippen molar-refractivity contribution in [2.45, 2.75) is 0 Å². The van der Waals surface area contributed by atoms with Gasteiger partial charge in [0, 0.05) is 29.3 Å². The lowest BCUT2D eigenvalue weighted by molar-refractivity contribution is 0.0980. The molecule has 4 aromatic rings. The molecule has 1 aliphatic carbocycles. The summed E-state index contributed by atoms with van der Waals surface area (Å²) >= 11 is 0. The number of hydrogen-bond acceptors (Lipinski definition) is 5. The van der Waals surface area contributed by atoms with Crippen molar-refractivity contribution in [2.75, 3.05) is 10.6 Å². The van der Waals surface area contributed by atoms with Gasteiger partial charge in [-0.1, -0.05) is 36.4 Å². The SMILES string of the molecule is O=C1c2ccncc2C(=O)c2c(Nc3ccccc3)ccc(Nc3ccccc3)c21. The number of carbonyl (C=O) groups excluding carboxylic acids is 2. The first-order valence-electron chi connectivity index (χ1n) is 9.57. The van der Waals surface area contributed by atoms with E-state index in [4.69, 9.17) is 0 Å².